The van der Waals surface area contributed by atoms with E-state index in [9.17, 15) is 14.9 Å². The van der Waals surface area contributed by atoms with Crippen molar-refractivity contribution in [2.45, 2.75) is 13.8 Å². The second kappa shape index (κ2) is 6.08. The fourth-order valence-corrected chi connectivity index (χ4v) is 2.48. The number of aryl methyl sites for hydroxylation is 2. The number of allylic oxidation sites excluding steroid dienone is 1. The summed E-state index contributed by atoms with van der Waals surface area (Å²) in [6, 6.07) is 10.1. The maximum atomic E-state index is 12.4. The molecule has 0 spiro atoms. The van der Waals surface area contributed by atoms with Gasteiger partial charge in [0.1, 0.15) is 6.33 Å². The van der Waals surface area contributed by atoms with Gasteiger partial charge in [-0.15, -0.1) is 0 Å². The fraction of sp³-hybridized carbons (Fsp3) is 0.111. The number of fused-ring (bicyclic) bond motifs is 1. The molecule has 0 saturated heterocycles. The van der Waals surface area contributed by atoms with Gasteiger partial charge in [-0.2, -0.15) is 0 Å². The summed E-state index contributed by atoms with van der Waals surface area (Å²) in [4.78, 5) is 27.2. The Morgan fingerprint density at radius 1 is 1.21 bits per heavy atom. The smallest absolute Gasteiger partial charge is 0.269 e. The van der Waals surface area contributed by atoms with Crippen molar-refractivity contribution in [2.75, 3.05) is 0 Å². The topological polar surface area (TPSA) is 78.0 Å². The predicted octanol–water partition coefficient (Wildman–Crippen LogP) is 3.91. The molecule has 0 unspecified atom stereocenters. The van der Waals surface area contributed by atoms with Crippen LogP contribution in [0.15, 0.2) is 48.8 Å². The van der Waals surface area contributed by atoms with E-state index in [1.54, 1.807) is 18.2 Å². The third kappa shape index (κ3) is 2.81. The average molecular weight is 321 g/mol. The first-order valence-corrected chi connectivity index (χ1v) is 7.37. The monoisotopic (exact) mass is 321 g/mol. The summed E-state index contributed by atoms with van der Waals surface area (Å²) in [7, 11) is 0. The van der Waals surface area contributed by atoms with Crippen LogP contribution in [0.5, 0.6) is 0 Å². The number of para-hydroxylation sites is 1. The molecule has 2 aromatic carbocycles. The van der Waals surface area contributed by atoms with Crippen LogP contribution in [0.2, 0.25) is 0 Å². The minimum absolute atomic E-state index is 0.0384. The number of imidazole rings is 1. The molecular weight excluding hydrogens is 306 g/mol. The molecule has 0 N–H and O–H groups in total. The zero-order chi connectivity index (χ0) is 17.3. The highest BCUT2D eigenvalue weighted by atomic mass is 16.6. The molecule has 120 valence electrons. The van der Waals surface area contributed by atoms with Gasteiger partial charge in [0.25, 0.3) is 11.6 Å². The highest BCUT2D eigenvalue weighted by Crippen LogP contribution is 2.20. The summed E-state index contributed by atoms with van der Waals surface area (Å²) in [6.07, 6.45) is 4.24. The number of carbonyl (C=O) groups excluding carboxylic acids is 1. The molecule has 3 aromatic rings. The number of aromatic nitrogens is 2. The van der Waals surface area contributed by atoms with Crippen molar-refractivity contribution in [3.05, 3.63) is 75.6 Å². The number of rotatable bonds is 3. The summed E-state index contributed by atoms with van der Waals surface area (Å²) in [5, 5.41) is 11.0. The van der Waals surface area contributed by atoms with Gasteiger partial charge in [0.05, 0.1) is 21.5 Å². The van der Waals surface area contributed by atoms with E-state index in [1.807, 2.05) is 26.0 Å². The van der Waals surface area contributed by atoms with Crippen LogP contribution < -0.4 is 0 Å². The fourth-order valence-electron chi connectivity index (χ4n) is 2.48. The predicted molar refractivity (Wildman–Crippen MR) is 92.0 cm³/mol. The molecule has 0 aliphatic rings. The van der Waals surface area contributed by atoms with Crippen LogP contribution in [0.4, 0.5) is 5.69 Å². The molecule has 0 radical (unpaired) electrons. The lowest BCUT2D eigenvalue weighted by molar-refractivity contribution is -0.385. The zero-order valence-corrected chi connectivity index (χ0v) is 13.3. The summed E-state index contributed by atoms with van der Waals surface area (Å²) >= 11 is 0. The van der Waals surface area contributed by atoms with Crippen LogP contribution in [0.1, 0.15) is 21.5 Å². The van der Waals surface area contributed by atoms with E-state index < -0.39 is 4.92 Å². The van der Waals surface area contributed by atoms with Crippen LogP contribution in [0.25, 0.3) is 17.1 Å². The first kappa shape index (κ1) is 15.6. The van der Waals surface area contributed by atoms with Crippen LogP contribution in [-0.2, 0) is 0 Å². The van der Waals surface area contributed by atoms with Crippen molar-refractivity contribution < 1.29 is 9.72 Å². The number of nitro benzene ring substituents is 1. The van der Waals surface area contributed by atoms with Crippen LogP contribution in [-0.4, -0.2) is 20.4 Å². The van der Waals surface area contributed by atoms with Gasteiger partial charge in [0, 0.05) is 12.1 Å². The summed E-state index contributed by atoms with van der Waals surface area (Å²) in [5.41, 5.74) is 3.98. The van der Waals surface area contributed by atoms with Crippen LogP contribution in [0, 0.1) is 24.0 Å². The number of benzene rings is 2. The number of hydrogen-bond acceptors (Lipinski definition) is 4. The highest BCUT2D eigenvalue weighted by Gasteiger charge is 2.12. The molecule has 0 amide bonds. The Bertz CT molecular complexity index is 986. The van der Waals surface area contributed by atoms with Crippen molar-refractivity contribution in [1.29, 1.82) is 0 Å². The van der Waals surface area contributed by atoms with Gasteiger partial charge in [-0.05, 0) is 49.2 Å². The van der Waals surface area contributed by atoms with E-state index in [4.69, 9.17) is 0 Å². The minimum atomic E-state index is -0.469. The van der Waals surface area contributed by atoms with E-state index in [0.717, 1.165) is 22.2 Å². The maximum Gasteiger partial charge on any atom is 0.276 e. The molecule has 24 heavy (non-hydrogen) atoms. The third-order valence-electron chi connectivity index (χ3n) is 3.94. The average Bonchev–Trinajstić information content (AvgIpc) is 2.96. The maximum absolute atomic E-state index is 12.4. The van der Waals surface area contributed by atoms with Crippen molar-refractivity contribution in [3.63, 3.8) is 0 Å². The summed E-state index contributed by atoms with van der Waals surface area (Å²) in [5.74, 6) is -0.307. The van der Waals surface area contributed by atoms with Crippen LogP contribution >= 0.6 is 0 Å². The molecule has 1 heterocycles. The first-order valence-electron chi connectivity index (χ1n) is 7.37. The number of nitrogens with zero attached hydrogens (tertiary/aromatic N) is 3. The van der Waals surface area contributed by atoms with Crippen LogP contribution in [0.3, 0.4) is 0 Å². The first-order chi connectivity index (χ1) is 11.5. The molecule has 6 heteroatoms. The Hall–Kier alpha value is -3.28. The lowest BCUT2D eigenvalue weighted by Gasteiger charge is -2.02. The number of nitro groups is 1. The van der Waals surface area contributed by atoms with Gasteiger partial charge in [0.2, 0.25) is 0 Å². The van der Waals surface area contributed by atoms with Gasteiger partial charge in [0.15, 0.2) is 0 Å². The van der Waals surface area contributed by atoms with Gasteiger partial charge in [-0.25, -0.2) is 4.98 Å². The van der Waals surface area contributed by atoms with Gasteiger partial charge in [-0.3, -0.25) is 19.5 Å². The van der Waals surface area contributed by atoms with Gasteiger partial charge in [-0.1, -0.05) is 12.1 Å². The molecule has 0 bridgehead atoms. The second-order valence-electron chi connectivity index (χ2n) is 5.53. The van der Waals surface area contributed by atoms with E-state index in [-0.39, 0.29) is 11.6 Å². The van der Waals surface area contributed by atoms with Crippen molar-refractivity contribution >= 4 is 28.7 Å². The lowest BCUT2D eigenvalue weighted by atomic mass is 10.1. The number of hydrogen-bond donors (Lipinski definition) is 0. The largest absolute Gasteiger partial charge is 0.276 e. The van der Waals surface area contributed by atoms with Gasteiger partial charge < -0.3 is 0 Å². The summed E-state index contributed by atoms with van der Waals surface area (Å²) in [6.45, 7) is 3.96. The summed E-state index contributed by atoms with van der Waals surface area (Å²) < 4.78 is 1.44. The molecule has 0 aliphatic carbocycles. The van der Waals surface area contributed by atoms with E-state index in [1.165, 1.54) is 29.1 Å². The van der Waals surface area contributed by atoms with E-state index >= 15 is 0 Å². The third-order valence-corrected chi connectivity index (χ3v) is 3.94. The molecule has 0 atom stereocenters. The Labute approximate surface area is 138 Å². The van der Waals surface area contributed by atoms with Crippen molar-refractivity contribution in [1.82, 2.24) is 9.55 Å². The lowest BCUT2D eigenvalue weighted by Crippen LogP contribution is -2.05. The minimum Gasteiger partial charge on any atom is -0.269 e. The molecule has 0 fully saturated rings. The Kier molecular flexibility index (Phi) is 3.95. The Morgan fingerprint density at radius 2 is 1.92 bits per heavy atom. The van der Waals surface area contributed by atoms with Crippen molar-refractivity contribution in [3.8, 4) is 0 Å². The SMILES string of the molecule is Cc1cc2ncn(C(=O)/C=C/c3ccccc3[N+](=O)[O-])c2cc1C. The Balaban J connectivity index is 1.96. The quantitative estimate of drug-likeness (QED) is 0.416. The molecule has 3 rings (SSSR count). The van der Waals surface area contributed by atoms with E-state index in [2.05, 4.69) is 4.98 Å². The van der Waals surface area contributed by atoms with Crippen molar-refractivity contribution in [2.24, 2.45) is 0 Å². The zero-order valence-electron chi connectivity index (χ0n) is 13.3. The van der Waals surface area contributed by atoms with E-state index in [0.29, 0.717) is 5.56 Å². The Morgan fingerprint density at radius 3 is 2.67 bits per heavy atom. The van der Waals surface area contributed by atoms with Gasteiger partial charge >= 0.3 is 0 Å². The molecule has 0 aliphatic heterocycles. The molecule has 0 saturated carbocycles. The second-order valence-corrected chi connectivity index (χ2v) is 5.53. The normalized spacial score (nSPS) is 11.2. The standard InChI is InChI=1S/C18H15N3O3/c1-12-9-15-17(10-13(12)2)20(11-19-15)18(22)8-7-14-5-3-4-6-16(14)21(23)24/h3-11H,1-2H3/b8-7+. The molecule has 1 aromatic heterocycles. The molecule has 6 nitrogen and oxygen atoms in total. The molecular formula is C18H15N3O3. The number of carbonyl (C=O) groups is 1. The highest BCUT2D eigenvalue weighted by molar-refractivity contribution is 5.99.